The molecule has 0 fully saturated rings. The average Bonchev–Trinajstić information content (AvgIpc) is 2.18. The molecule has 0 amide bonds. The number of phenols is 1. The van der Waals surface area contributed by atoms with Gasteiger partial charge in [0, 0.05) is 11.1 Å². The molecule has 1 rings (SSSR count). The summed E-state index contributed by atoms with van der Waals surface area (Å²) in [6.07, 6.45) is 2.22. The van der Waals surface area contributed by atoms with Crippen LogP contribution in [0.2, 0.25) is 0 Å². The molecule has 0 aliphatic rings. The normalized spacial score (nSPS) is 10.0. The van der Waals surface area contributed by atoms with Gasteiger partial charge in [0.25, 0.3) is 0 Å². The van der Waals surface area contributed by atoms with Crippen LogP contribution < -0.4 is 0 Å². The lowest BCUT2D eigenvalue weighted by atomic mass is 9.96. The third kappa shape index (κ3) is 2.01. The molecule has 2 N–H and O–H groups in total. The first-order chi connectivity index (χ1) is 6.99. The van der Waals surface area contributed by atoms with Crippen LogP contribution in [-0.4, -0.2) is 16.2 Å². The van der Waals surface area contributed by atoms with Gasteiger partial charge in [-0.2, -0.15) is 0 Å². The number of hydrogen-bond donors (Lipinski definition) is 2. The van der Waals surface area contributed by atoms with E-state index in [0.29, 0.717) is 12.0 Å². The van der Waals surface area contributed by atoms with E-state index in [1.54, 1.807) is 26.0 Å². The quantitative estimate of drug-likeness (QED) is 0.747. The van der Waals surface area contributed by atoms with Crippen LogP contribution in [0.5, 0.6) is 5.75 Å². The van der Waals surface area contributed by atoms with Crippen molar-refractivity contribution < 1.29 is 15.0 Å². The molecular weight excluding hydrogens is 192 g/mol. The van der Waals surface area contributed by atoms with Gasteiger partial charge in [-0.05, 0) is 31.9 Å². The average molecular weight is 206 g/mol. The second-order valence-corrected chi connectivity index (χ2v) is 3.49. The first-order valence-corrected chi connectivity index (χ1v) is 4.65. The Morgan fingerprint density at radius 1 is 1.53 bits per heavy atom. The second-order valence-electron chi connectivity index (χ2n) is 3.49. The Bertz CT molecular complexity index is 419. The third-order valence-corrected chi connectivity index (χ3v) is 2.46. The lowest BCUT2D eigenvalue weighted by Gasteiger charge is -2.11. The summed E-state index contributed by atoms with van der Waals surface area (Å²) < 4.78 is 0. The molecule has 0 saturated carbocycles. The van der Waals surface area contributed by atoms with E-state index < -0.39 is 5.97 Å². The lowest BCUT2D eigenvalue weighted by Crippen LogP contribution is -2.03. The highest BCUT2D eigenvalue weighted by Gasteiger charge is 2.15. The molecule has 0 spiro atoms. The highest BCUT2D eigenvalue weighted by molar-refractivity contribution is 5.90. The number of benzene rings is 1. The van der Waals surface area contributed by atoms with Crippen molar-refractivity contribution >= 4 is 5.97 Å². The highest BCUT2D eigenvalue weighted by atomic mass is 16.4. The zero-order valence-corrected chi connectivity index (χ0v) is 8.87. The number of rotatable bonds is 3. The molecule has 0 unspecified atom stereocenters. The molecular formula is C12H14O3. The van der Waals surface area contributed by atoms with E-state index in [2.05, 4.69) is 6.58 Å². The maximum atomic E-state index is 10.9. The minimum absolute atomic E-state index is 0.0623. The van der Waals surface area contributed by atoms with Crippen molar-refractivity contribution in [2.24, 2.45) is 0 Å². The Morgan fingerprint density at radius 3 is 2.60 bits per heavy atom. The van der Waals surface area contributed by atoms with Gasteiger partial charge in [0.05, 0.1) is 5.56 Å². The van der Waals surface area contributed by atoms with Gasteiger partial charge in [-0.3, -0.25) is 0 Å². The van der Waals surface area contributed by atoms with Crippen LogP contribution in [0.3, 0.4) is 0 Å². The summed E-state index contributed by atoms with van der Waals surface area (Å²) in [7, 11) is 0. The predicted octanol–water partition coefficient (Wildman–Crippen LogP) is 2.44. The molecule has 0 bridgehead atoms. The summed E-state index contributed by atoms with van der Waals surface area (Å²) >= 11 is 0. The molecule has 1 aromatic carbocycles. The van der Waals surface area contributed by atoms with Gasteiger partial charge < -0.3 is 10.2 Å². The van der Waals surface area contributed by atoms with Gasteiger partial charge in [-0.1, -0.05) is 6.08 Å². The fourth-order valence-corrected chi connectivity index (χ4v) is 1.58. The minimum atomic E-state index is -1.02. The summed E-state index contributed by atoms with van der Waals surface area (Å²) in [6.45, 7) is 6.98. The van der Waals surface area contributed by atoms with E-state index in [1.807, 2.05) is 0 Å². The Morgan fingerprint density at radius 2 is 2.13 bits per heavy atom. The number of allylic oxidation sites excluding steroid dienone is 1. The SMILES string of the molecule is C=CCc1c(C)cc(C(=O)O)c(C)c1O. The maximum absolute atomic E-state index is 10.9. The number of aromatic carboxylic acids is 1. The van der Waals surface area contributed by atoms with Crippen LogP contribution in [0.15, 0.2) is 18.7 Å². The number of phenolic OH excluding ortho intramolecular Hbond substituents is 1. The molecule has 0 aliphatic carbocycles. The molecule has 3 heteroatoms. The Balaban J connectivity index is 3.43. The van der Waals surface area contributed by atoms with Crippen molar-refractivity contribution in [3.8, 4) is 5.75 Å². The second kappa shape index (κ2) is 4.17. The van der Waals surface area contributed by atoms with E-state index in [9.17, 15) is 9.90 Å². The van der Waals surface area contributed by atoms with Crippen LogP contribution in [0.4, 0.5) is 0 Å². The summed E-state index contributed by atoms with van der Waals surface area (Å²) in [6, 6.07) is 1.58. The highest BCUT2D eigenvalue weighted by Crippen LogP contribution is 2.29. The van der Waals surface area contributed by atoms with Crippen molar-refractivity contribution in [2.45, 2.75) is 20.3 Å². The molecule has 0 aromatic heterocycles. The molecule has 3 nitrogen and oxygen atoms in total. The van der Waals surface area contributed by atoms with Gasteiger partial charge in [-0.25, -0.2) is 4.79 Å². The Labute approximate surface area is 88.7 Å². The molecule has 1 aromatic rings. The fourth-order valence-electron chi connectivity index (χ4n) is 1.58. The van der Waals surface area contributed by atoms with E-state index in [1.165, 1.54) is 0 Å². The fraction of sp³-hybridized carbons (Fsp3) is 0.250. The standard InChI is InChI=1S/C12H14O3/c1-4-5-9-7(2)6-10(12(14)15)8(3)11(9)13/h4,6,13H,1,5H2,2-3H3,(H,14,15). The number of carbonyl (C=O) groups is 1. The summed E-state index contributed by atoms with van der Waals surface area (Å²) in [4.78, 5) is 10.9. The van der Waals surface area contributed by atoms with Crippen LogP contribution >= 0.6 is 0 Å². The van der Waals surface area contributed by atoms with Crippen LogP contribution in [-0.2, 0) is 6.42 Å². The number of carboxylic acids is 1. The molecule has 0 aliphatic heterocycles. The van der Waals surface area contributed by atoms with Crippen LogP contribution in [0, 0.1) is 13.8 Å². The van der Waals surface area contributed by atoms with Gasteiger partial charge in [0.1, 0.15) is 5.75 Å². The van der Waals surface area contributed by atoms with Gasteiger partial charge in [-0.15, -0.1) is 6.58 Å². The number of hydrogen-bond acceptors (Lipinski definition) is 2. The zero-order chi connectivity index (χ0) is 11.6. The summed E-state index contributed by atoms with van der Waals surface area (Å²) in [5.74, 6) is -0.955. The molecule has 0 radical (unpaired) electrons. The smallest absolute Gasteiger partial charge is 0.336 e. The van der Waals surface area contributed by atoms with E-state index in [4.69, 9.17) is 5.11 Å². The lowest BCUT2D eigenvalue weighted by molar-refractivity contribution is 0.0695. The van der Waals surface area contributed by atoms with Crippen molar-refractivity contribution in [2.75, 3.05) is 0 Å². The van der Waals surface area contributed by atoms with E-state index in [0.717, 1.165) is 11.1 Å². The predicted molar refractivity (Wildman–Crippen MR) is 58.4 cm³/mol. The number of carboxylic acid groups (broad SMARTS) is 1. The molecule has 0 atom stereocenters. The van der Waals surface area contributed by atoms with Gasteiger partial charge in [0.2, 0.25) is 0 Å². The van der Waals surface area contributed by atoms with Crippen molar-refractivity contribution in [3.05, 3.63) is 41.0 Å². The van der Waals surface area contributed by atoms with Crippen molar-refractivity contribution in [1.29, 1.82) is 0 Å². The maximum Gasteiger partial charge on any atom is 0.336 e. The third-order valence-electron chi connectivity index (χ3n) is 2.46. The Kier molecular flexibility index (Phi) is 3.14. The van der Waals surface area contributed by atoms with Crippen molar-refractivity contribution in [1.82, 2.24) is 0 Å². The molecule has 80 valence electrons. The zero-order valence-electron chi connectivity index (χ0n) is 8.87. The van der Waals surface area contributed by atoms with Gasteiger partial charge >= 0.3 is 5.97 Å². The summed E-state index contributed by atoms with van der Waals surface area (Å²) in [5, 5.41) is 18.7. The largest absolute Gasteiger partial charge is 0.507 e. The van der Waals surface area contributed by atoms with Crippen molar-refractivity contribution in [3.63, 3.8) is 0 Å². The first kappa shape index (κ1) is 11.3. The van der Waals surface area contributed by atoms with E-state index in [-0.39, 0.29) is 11.3 Å². The topological polar surface area (TPSA) is 57.5 Å². The minimum Gasteiger partial charge on any atom is -0.507 e. The van der Waals surface area contributed by atoms with E-state index >= 15 is 0 Å². The first-order valence-electron chi connectivity index (χ1n) is 4.65. The van der Waals surface area contributed by atoms with Crippen LogP contribution in [0.25, 0.3) is 0 Å². The molecule has 0 heterocycles. The number of aryl methyl sites for hydroxylation is 1. The molecule has 15 heavy (non-hydrogen) atoms. The molecule has 0 saturated heterocycles. The van der Waals surface area contributed by atoms with Crippen LogP contribution in [0.1, 0.15) is 27.0 Å². The van der Waals surface area contributed by atoms with Gasteiger partial charge in [0.15, 0.2) is 0 Å². The Hall–Kier alpha value is -1.77. The number of aromatic hydroxyl groups is 1. The monoisotopic (exact) mass is 206 g/mol. The summed E-state index contributed by atoms with van der Waals surface area (Å²) in [5.41, 5.74) is 2.07.